The molecule has 2 aromatic heterocycles. The van der Waals surface area contributed by atoms with Crippen LogP contribution in [0.3, 0.4) is 0 Å². The standard InChI is InChI=1S/C21H23F3N6/c1-14-7-8-15(12-16(14)21(22,23)24)27-19-13-18(17-6-4-5-9-25-17)28-20(29-19)26-10-11-30(2)3/h4-9,12-13H,10-11H2,1-3H3,(H2,26,27,28,29). The van der Waals surface area contributed by atoms with E-state index in [1.54, 1.807) is 24.4 Å². The van der Waals surface area contributed by atoms with Gasteiger partial charge < -0.3 is 15.5 Å². The number of aryl methyl sites for hydroxylation is 1. The van der Waals surface area contributed by atoms with Crippen LogP contribution in [-0.4, -0.2) is 47.0 Å². The fourth-order valence-electron chi connectivity index (χ4n) is 2.78. The van der Waals surface area contributed by atoms with Gasteiger partial charge in [0.25, 0.3) is 0 Å². The summed E-state index contributed by atoms with van der Waals surface area (Å²) in [7, 11) is 3.91. The van der Waals surface area contributed by atoms with Crippen molar-refractivity contribution in [2.45, 2.75) is 13.1 Å². The van der Waals surface area contributed by atoms with Gasteiger partial charge in [0.2, 0.25) is 5.95 Å². The largest absolute Gasteiger partial charge is 0.416 e. The van der Waals surface area contributed by atoms with Crippen LogP contribution in [0.15, 0.2) is 48.7 Å². The zero-order valence-corrected chi connectivity index (χ0v) is 17.0. The summed E-state index contributed by atoms with van der Waals surface area (Å²) in [6.07, 6.45) is -2.77. The van der Waals surface area contributed by atoms with Crippen LogP contribution in [0.2, 0.25) is 0 Å². The first-order chi connectivity index (χ1) is 14.2. The predicted octanol–water partition coefficient (Wildman–Crippen LogP) is 4.58. The fraction of sp³-hybridized carbons (Fsp3) is 0.286. The van der Waals surface area contributed by atoms with Crippen LogP contribution in [0, 0.1) is 6.92 Å². The van der Waals surface area contributed by atoms with E-state index in [0.717, 1.165) is 12.6 Å². The average molecular weight is 416 g/mol. The summed E-state index contributed by atoms with van der Waals surface area (Å²) < 4.78 is 39.7. The van der Waals surface area contributed by atoms with Crippen molar-refractivity contribution in [2.75, 3.05) is 37.8 Å². The van der Waals surface area contributed by atoms with E-state index >= 15 is 0 Å². The van der Waals surface area contributed by atoms with Crippen LogP contribution in [-0.2, 0) is 6.18 Å². The number of halogens is 3. The number of hydrogen-bond donors (Lipinski definition) is 2. The van der Waals surface area contributed by atoms with Crippen molar-refractivity contribution >= 4 is 17.5 Å². The highest BCUT2D eigenvalue weighted by molar-refractivity contribution is 5.66. The minimum absolute atomic E-state index is 0.163. The Morgan fingerprint density at radius 3 is 2.47 bits per heavy atom. The van der Waals surface area contributed by atoms with Gasteiger partial charge in [0.05, 0.1) is 17.0 Å². The molecule has 0 saturated carbocycles. The number of nitrogens with one attached hydrogen (secondary N) is 2. The van der Waals surface area contributed by atoms with Gasteiger partial charge in [-0.05, 0) is 50.8 Å². The SMILES string of the molecule is Cc1ccc(Nc2cc(-c3ccccn3)nc(NCCN(C)C)n2)cc1C(F)(F)F. The molecule has 158 valence electrons. The number of hydrogen-bond acceptors (Lipinski definition) is 6. The van der Waals surface area contributed by atoms with Crippen LogP contribution >= 0.6 is 0 Å². The number of pyridine rings is 1. The molecule has 0 radical (unpaired) electrons. The second-order valence-electron chi connectivity index (χ2n) is 7.06. The van der Waals surface area contributed by atoms with Gasteiger partial charge in [-0.2, -0.15) is 18.2 Å². The molecule has 0 aliphatic carbocycles. The molecular weight excluding hydrogens is 393 g/mol. The number of alkyl halides is 3. The quantitative estimate of drug-likeness (QED) is 0.588. The highest BCUT2D eigenvalue weighted by Gasteiger charge is 2.32. The van der Waals surface area contributed by atoms with E-state index in [1.165, 1.54) is 13.0 Å². The molecule has 0 aliphatic rings. The molecule has 0 saturated heterocycles. The lowest BCUT2D eigenvalue weighted by Gasteiger charge is -2.15. The predicted molar refractivity (Wildman–Crippen MR) is 112 cm³/mol. The summed E-state index contributed by atoms with van der Waals surface area (Å²) in [6, 6.07) is 11.2. The molecule has 0 fully saturated rings. The minimum atomic E-state index is -4.43. The molecule has 0 spiro atoms. The lowest BCUT2D eigenvalue weighted by atomic mass is 10.1. The molecule has 0 aliphatic heterocycles. The highest BCUT2D eigenvalue weighted by atomic mass is 19.4. The zero-order chi connectivity index (χ0) is 21.7. The average Bonchev–Trinajstić information content (AvgIpc) is 2.69. The number of likely N-dealkylation sites (N-methyl/N-ethyl adjacent to an activating group) is 1. The highest BCUT2D eigenvalue weighted by Crippen LogP contribution is 2.34. The number of rotatable bonds is 7. The second kappa shape index (κ2) is 9.08. The van der Waals surface area contributed by atoms with Gasteiger partial charge >= 0.3 is 6.18 Å². The van der Waals surface area contributed by atoms with Crippen molar-refractivity contribution in [1.82, 2.24) is 19.9 Å². The maximum Gasteiger partial charge on any atom is 0.416 e. The molecule has 6 nitrogen and oxygen atoms in total. The lowest BCUT2D eigenvalue weighted by Crippen LogP contribution is -2.21. The summed E-state index contributed by atoms with van der Waals surface area (Å²) in [6.45, 7) is 2.82. The number of nitrogens with zero attached hydrogens (tertiary/aromatic N) is 4. The Balaban J connectivity index is 1.93. The molecular formula is C21H23F3N6. The van der Waals surface area contributed by atoms with E-state index in [2.05, 4.69) is 25.6 Å². The van der Waals surface area contributed by atoms with Crippen molar-refractivity contribution in [1.29, 1.82) is 0 Å². The molecule has 30 heavy (non-hydrogen) atoms. The first kappa shape index (κ1) is 21.5. The number of benzene rings is 1. The van der Waals surface area contributed by atoms with Gasteiger partial charge in [-0.1, -0.05) is 12.1 Å². The molecule has 2 heterocycles. The van der Waals surface area contributed by atoms with Crippen molar-refractivity contribution in [2.24, 2.45) is 0 Å². The normalized spacial score (nSPS) is 11.6. The van der Waals surface area contributed by atoms with Crippen molar-refractivity contribution in [3.63, 3.8) is 0 Å². The second-order valence-corrected chi connectivity index (χ2v) is 7.06. The molecule has 0 atom stereocenters. The molecule has 0 amide bonds. The topological polar surface area (TPSA) is 66.0 Å². The van der Waals surface area contributed by atoms with Crippen molar-refractivity contribution in [3.8, 4) is 11.4 Å². The van der Waals surface area contributed by atoms with E-state index in [0.29, 0.717) is 29.7 Å². The van der Waals surface area contributed by atoms with Crippen molar-refractivity contribution in [3.05, 3.63) is 59.8 Å². The Kier molecular flexibility index (Phi) is 6.51. The maximum absolute atomic E-state index is 13.2. The number of aromatic nitrogens is 3. The molecule has 1 aromatic carbocycles. The number of anilines is 3. The van der Waals surface area contributed by atoms with E-state index in [9.17, 15) is 13.2 Å². The fourth-order valence-corrected chi connectivity index (χ4v) is 2.78. The summed E-state index contributed by atoms with van der Waals surface area (Å²) in [5.41, 5.74) is 0.965. The third-order valence-corrected chi connectivity index (χ3v) is 4.31. The molecule has 0 unspecified atom stereocenters. The Labute approximate surface area is 173 Å². The molecule has 3 rings (SSSR count). The van der Waals surface area contributed by atoms with Crippen LogP contribution in [0.25, 0.3) is 11.4 Å². The van der Waals surface area contributed by atoms with Gasteiger partial charge in [-0.15, -0.1) is 0 Å². The van der Waals surface area contributed by atoms with E-state index in [4.69, 9.17) is 0 Å². The summed E-state index contributed by atoms with van der Waals surface area (Å²) in [5, 5.41) is 6.11. The van der Waals surface area contributed by atoms with Gasteiger partial charge in [0.15, 0.2) is 0 Å². The van der Waals surface area contributed by atoms with Crippen LogP contribution in [0.5, 0.6) is 0 Å². The van der Waals surface area contributed by atoms with Crippen LogP contribution in [0.4, 0.5) is 30.6 Å². The molecule has 9 heteroatoms. The first-order valence-corrected chi connectivity index (χ1v) is 9.36. The van der Waals surface area contributed by atoms with Crippen LogP contribution in [0.1, 0.15) is 11.1 Å². The Morgan fingerprint density at radius 1 is 1.00 bits per heavy atom. The smallest absolute Gasteiger partial charge is 0.353 e. The third-order valence-electron chi connectivity index (χ3n) is 4.31. The Bertz CT molecular complexity index is 990. The first-order valence-electron chi connectivity index (χ1n) is 9.36. The monoisotopic (exact) mass is 416 g/mol. The van der Waals surface area contributed by atoms with E-state index in [-0.39, 0.29) is 11.3 Å². The van der Waals surface area contributed by atoms with Gasteiger partial charge in [-0.25, -0.2) is 4.98 Å². The third kappa shape index (κ3) is 5.66. The summed E-state index contributed by atoms with van der Waals surface area (Å²) in [5.74, 6) is 0.737. The Hall–Kier alpha value is -3.20. The van der Waals surface area contributed by atoms with Crippen molar-refractivity contribution < 1.29 is 13.2 Å². The van der Waals surface area contributed by atoms with E-state index < -0.39 is 11.7 Å². The zero-order valence-electron chi connectivity index (χ0n) is 17.0. The molecule has 2 N–H and O–H groups in total. The maximum atomic E-state index is 13.2. The minimum Gasteiger partial charge on any atom is -0.353 e. The van der Waals surface area contributed by atoms with E-state index in [1.807, 2.05) is 31.1 Å². The van der Waals surface area contributed by atoms with Gasteiger partial charge in [0.1, 0.15) is 5.82 Å². The van der Waals surface area contributed by atoms with Crippen LogP contribution < -0.4 is 10.6 Å². The van der Waals surface area contributed by atoms with Gasteiger partial charge in [-0.3, -0.25) is 4.98 Å². The Morgan fingerprint density at radius 2 is 1.80 bits per heavy atom. The molecule has 3 aromatic rings. The summed E-state index contributed by atoms with van der Waals surface area (Å²) >= 11 is 0. The lowest BCUT2D eigenvalue weighted by molar-refractivity contribution is -0.138. The molecule has 0 bridgehead atoms. The van der Waals surface area contributed by atoms with Gasteiger partial charge in [0, 0.05) is 31.0 Å². The summed E-state index contributed by atoms with van der Waals surface area (Å²) in [4.78, 5) is 15.2.